The molecule has 7 nitrogen and oxygen atoms in total. The number of benzene rings is 1. The van der Waals surface area contributed by atoms with Gasteiger partial charge in [0, 0.05) is 25.6 Å². The molecular formula is C16H21N3O4. The average molecular weight is 319 g/mol. The first-order valence-corrected chi connectivity index (χ1v) is 7.48. The van der Waals surface area contributed by atoms with E-state index in [1.165, 1.54) is 0 Å². The van der Waals surface area contributed by atoms with Crippen molar-refractivity contribution < 1.29 is 19.5 Å². The van der Waals surface area contributed by atoms with Gasteiger partial charge in [0.15, 0.2) is 0 Å². The second kappa shape index (κ2) is 6.68. The molecule has 1 aliphatic heterocycles. The molecule has 2 amide bonds. The molecule has 124 valence electrons. The van der Waals surface area contributed by atoms with Crippen LogP contribution in [0.4, 0.5) is 11.4 Å². The van der Waals surface area contributed by atoms with Crippen molar-refractivity contribution in [1.29, 1.82) is 0 Å². The normalized spacial score (nSPS) is 15.5. The molecule has 0 fully saturated rings. The summed E-state index contributed by atoms with van der Waals surface area (Å²) in [7, 11) is 1.87. The Morgan fingerprint density at radius 2 is 2.04 bits per heavy atom. The van der Waals surface area contributed by atoms with Crippen LogP contribution in [0.2, 0.25) is 0 Å². The minimum atomic E-state index is -1.07. The maximum Gasteiger partial charge on any atom is 0.326 e. The first kappa shape index (κ1) is 16.8. The van der Waals surface area contributed by atoms with Gasteiger partial charge in [0.05, 0.1) is 11.4 Å². The Labute approximate surface area is 134 Å². The summed E-state index contributed by atoms with van der Waals surface area (Å²) >= 11 is 0. The zero-order chi connectivity index (χ0) is 17.1. The lowest BCUT2D eigenvalue weighted by Crippen LogP contribution is -2.44. The van der Waals surface area contributed by atoms with Crippen LogP contribution < -0.4 is 15.5 Å². The predicted octanol–water partition coefficient (Wildman–Crippen LogP) is 1.30. The summed E-state index contributed by atoms with van der Waals surface area (Å²) in [5, 5.41) is 14.4. The lowest BCUT2D eigenvalue weighted by Gasteiger charge is -2.20. The van der Waals surface area contributed by atoms with Crippen molar-refractivity contribution in [2.24, 2.45) is 5.92 Å². The molecule has 3 N–H and O–H groups in total. The number of nitrogens with zero attached hydrogens (tertiary/aromatic N) is 1. The van der Waals surface area contributed by atoms with Gasteiger partial charge in [0.2, 0.25) is 5.91 Å². The summed E-state index contributed by atoms with van der Waals surface area (Å²) in [4.78, 5) is 37.1. The van der Waals surface area contributed by atoms with Crippen LogP contribution in [0.5, 0.6) is 0 Å². The van der Waals surface area contributed by atoms with Crippen LogP contribution in [0, 0.1) is 5.92 Å². The van der Waals surface area contributed by atoms with Crippen molar-refractivity contribution in [2.75, 3.05) is 23.8 Å². The molecule has 0 saturated carbocycles. The first-order chi connectivity index (χ1) is 10.8. The fourth-order valence-corrected chi connectivity index (χ4v) is 2.45. The zero-order valence-corrected chi connectivity index (χ0v) is 13.4. The van der Waals surface area contributed by atoms with Crippen LogP contribution in [0.15, 0.2) is 18.2 Å². The van der Waals surface area contributed by atoms with Crippen LogP contribution >= 0.6 is 0 Å². The van der Waals surface area contributed by atoms with Crippen molar-refractivity contribution >= 4 is 29.2 Å². The number of hydrogen-bond donors (Lipinski definition) is 3. The van der Waals surface area contributed by atoms with Gasteiger partial charge in [-0.15, -0.1) is 0 Å². The highest BCUT2D eigenvalue weighted by Crippen LogP contribution is 2.28. The number of carbonyl (C=O) groups is 3. The van der Waals surface area contributed by atoms with E-state index in [2.05, 4.69) is 10.6 Å². The summed E-state index contributed by atoms with van der Waals surface area (Å²) in [6.45, 7) is 4.05. The fourth-order valence-electron chi connectivity index (χ4n) is 2.45. The minimum Gasteiger partial charge on any atom is -0.480 e. The first-order valence-electron chi connectivity index (χ1n) is 7.48. The molecule has 2 rings (SSSR count). The molecule has 0 spiro atoms. The van der Waals surface area contributed by atoms with Gasteiger partial charge in [0.1, 0.15) is 6.04 Å². The monoisotopic (exact) mass is 319 g/mol. The van der Waals surface area contributed by atoms with E-state index in [4.69, 9.17) is 5.11 Å². The molecule has 0 unspecified atom stereocenters. The van der Waals surface area contributed by atoms with Gasteiger partial charge >= 0.3 is 5.97 Å². The summed E-state index contributed by atoms with van der Waals surface area (Å²) in [5.41, 5.74) is 1.69. The van der Waals surface area contributed by atoms with E-state index in [1.807, 2.05) is 11.9 Å². The second-order valence-electron chi connectivity index (χ2n) is 5.99. The fraction of sp³-hybridized carbons (Fsp3) is 0.438. The molecule has 1 aromatic carbocycles. The molecule has 0 saturated heterocycles. The Morgan fingerprint density at radius 3 is 2.65 bits per heavy atom. The molecule has 0 bridgehead atoms. The third kappa shape index (κ3) is 3.80. The third-order valence-corrected chi connectivity index (χ3v) is 3.84. The highest BCUT2D eigenvalue weighted by atomic mass is 16.4. The van der Waals surface area contributed by atoms with Gasteiger partial charge in [0.25, 0.3) is 5.91 Å². The lowest BCUT2D eigenvalue weighted by molar-refractivity contribution is -0.140. The van der Waals surface area contributed by atoms with E-state index in [0.29, 0.717) is 24.2 Å². The Hall–Kier alpha value is -2.57. The number of aliphatic carboxylic acids is 1. The van der Waals surface area contributed by atoms with E-state index in [9.17, 15) is 14.4 Å². The summed E-state index contributed by atoms with van der Waals surface area (Å²) in [5.74, 6) is -1.90. The number of nitrogens with one attached hydrogen (secondary N) is 2. The van der Waals surface area contributed by atoms with E-state index >= 15 is 0 Å². The Balaban J connectivity index is 2.26. The number of rotatable bonds is 4. The molecule has 7 heteroatoms. The number of hydrogen-bond acceptors (Lipinski definition) is 4. The number of carbonyl (C=O) groups excluding carboxylic acids is 2. The topological polar surface area (TPSA) is 98.7 Å². The van der Waals surface area contributed by atoms with E-state index in [0.717, 1.165) is 5.69 Å². The molecule has 1 atom stereocenters. The highest BCUT2D eigenvalue weighted by molar-refractivity contribution is 6.01. The maximum absolute atomic E-state index is 12.3. The van der Waals surface area contributed by atoms with Crippen molar-refractivity contribution in [3.8, 4) is 0 Å². The number of carboxylic acids is 1. The zero-order valence-electron chi connectivity index (χ0n) is 13.4. The molecular weight excluding hydrogens is 298 g/mol. The molecule has 0 aliphatic carbocycles. The van der Waals surface area contributed by atoms with Crippen molar-refractivity contribution in [3.63, 3.8) is 0 Å². The van der Waals surface area contributed by atoms with Crippen molar-refractivity contribution in [1.82, 2.24) is 5.32 Å². The predicted molar refractivity (Wildman–Crippen MR) is 86.7 cm³/mol. The van der Waals surface area contributed by atoms with Crippen LogP contribution in [-0.2, 0) is 9.59 Å². The number of amides is 2. The molecule has 1 aliphatic rings. The Kier molecular flexibility index (Phi) is 4.88. The van der Waals surface area contributed by atoms with Crippen molar-refractivity contribution in [2.45, 2.75) is 26.3 Å². The van der Waals surface area contributed by atoms with Crippen LogP contribution in [-0.4, -0.2) is 42.5 Å². The quantitative estimate of drug-likeness (QED) is 0.777. The smallest absolute Gasteiger partial charge is 0.326 e. The third-order valence-electron chi connectivity index (χ3n) is 3.84. The van der Waals surface area contributed by atoms with Gasteiger partial charge in [-0.3, -0.25) is 9.59 Å². The van der Waals surface area contributed by atoms with Gasteiger partial charge in [-0.25, -0.2) is 4.79 Å². The second-order valence-corrected chi connectivity index (χ2v) is 5.99. The van der Waals surface area contributed by atoms with E-state index in [-0.39, 0.29) is 11.8 Å². The number of fused-ring (bicyclic) bond motifs is 1. The summed E-state index contributed by atoms with van der Waals surface area (Å²) in [6.07, 6.45) is 0.376. The maximum atomic E-state index is 12.3. The molecule has 0 aromatic heterocycles. The SMILES string of the molecule is CC(C)[C@@H](NC(=O)c1ccc2c(c1)NC(=O)CCN2C)C(=O)O. The van der Waals surface area contributed by atoms with Gasteiger partial charge in [-0.1, -0.05) is 13.8 Å². The van der Waals surface area contributed by atoms with E-state index in [1.54, 1.807) is 32.0 Å². The molecule has 1 aromatic rings. The minimum absolute atomic E-state index is 0.112. The highest BCUT2D eigenvalue weighted by Gasteiger charge is 2.25. The Bertz CT molecular complexity index is 642. The standard InChI is InChI=1S/C16H21N3O4/c1-9(2)14(16(22)23)18-15(21)10-4-5-12-11(8-10)17-13(20)6-7-19(12)3/h4-5,8-9,14H,6-7H2,1-3H3,(H,17,20)(H,18,21)(H,22,23)/t14-/m1/s1. The van der Waals surface area contributed by atoms with E-state index < -0.39 is 17.9 Å². The summed E-state index contributed by atoms with van der Waals surface area (Å²) in [6, 6.07) is 3.99. The van der Waals surface area contributed by atoms with Crippen LogP contribution in [0.1, 0.15) is 30.6 Å². The molecule has 23 heavy (non-hydrogen) atoms. The van der Waals surface area contributed by atoms with Gasteiger partial charge in [-0.05, 0) is 24.1 Å². The Morgan fingerprint density at radius 1 is 1.35 bits per heavy atom. The largest absolute Gasteiger partial charge is 0.480 e. The summed E-state index contributed by atoms with van der Waals surface area (Å²) < 4.78 is 0. The number of carboxylic acid groups (broad SMARTS) is 1. The molecule has 0 radical (unpaired) electrons. The lowest BCUT2D eigenvalue weighted by atomic mass is 10.0. The van der Waals surface area contributed by atoms with Gasteiger partial charge < -0.3 is 20.6 Å². The van der Waals surface area contributed by atoms with Crippen molar-refractivity contribution in [3.05, 3.63) is 23.8 Å². The van der Waals surface area contributed by atoms with Crippen LogP contribution in [0.3, 0.4) is 0 Å². The van der Waals surface area contributed by atoms with Gasteiger partial charge in [-0.2, -0.15) is 0 Å². The average Bonchev–Trinajstić information content (AvgIpc) is 2.62. The number of anilines is 2. The van der Waals surface area contributed by atoms with Crippen LogP contribution in [0.25, 0.3) is 0 Å². The molecule has 1 heterocycles.